The number of hydrogen-bond acceptors (Lipinski definition) is 2. The first-order valence-electron chi connectivity index (χ1n) is 5.66. The first-order chi connectivity index (χ1) is 6.46. The van der Waals surface area contributed by atoms with Crippen molar-refractivity contribution in [3.8, 4) is 0 Å². The van der Waals surface area contributed by atoms with Crippen LogP contribution in [0.5, 0.6) is 0 Å². The molecule has 0 atom stereocenters. The zero-order chi connectivity index (χ0) is 12.4. The number of carbonyl (C=O) groups is 1. The minimum Gasteiger partial charge on any atom is -0.463 e. The second-order valence-electron chi connectivity index (χ2n) is 1.92. The van der Waals surface area contributed by atoms with E-state index in [1.165, 1.54) is 13.8 Å². The predicted molar refractivity (Wildman–Crippen MR) is 36.1 cm³/mol. The van der Waals surface area contributed by atoms with E-state index >= 15 is 0 Å². The highest BCUT2D eigenvalue weighted by molar-refractivity contribution is 5.71. The first kappa shape index (κ1) is 2.60. The van der Waals surface area contributed by atoms with Crippen LogP contribution in [0.25, 0.3) is 0 Å². The molecule has 0 aromatic carbocycles. The Kier molecular flexibility index (Phi) is 1.01. The van der Waals surface area contributed by atoms with E-state index in [0.29, 0.717) is 0 Å². The SMILES string of the molecule is [2H]C([2H])([2H])C(C(=O)OC(C)C)C([2H])([2H])[2H]. The summed E-state index contributed by atoms with van der Waals surface area (Å²) >= 11 is 0. The van der Waals surface area contributed by atoms with Gasteiger partial charge in [-0.2, -0.15) is 0 Å². The van der Waals surface area contributed by atoms with Gasteiger partial charge in [-0.3, -0.25) is 4.79 Å². The molecule has 0 unspecified atom stereocenters. The standard InChI is InChI=1S/C7H14O2/c1-5(2)7(8)9-6(3)4/h5-6H,1-4H3/i1D3,2D3. The zero-order valence-corrected chi connectivity index (χ0v) is 5.47. The van der Waals surface area contributed by atoms with Gasteiger partial charge in [0.1, 0.15) is 0 Å². The van der Waals surface area contributed by atoms with E-state index in [-0.39, 0.29) is 0 Å². The second kappa shape index (κ2) is 3.49. The zero-order valence-electron chi connectivity index (χ0n) is 11.5. The maximum absolute atomic E-state index is 11.3. The summed E-state index contributed by atoms with van der Waals surface area (Å²) in [7, 11) is 0. The molecule has 0 bridgehead atoms. The molecule has 54 valence electrons. The lowest BCUT2D eigenvalue weighted by molar-refractivity contribution is -0.151. The Bertz CT molecular complexity index is 215. The molecular weight excluding hydrogens is 116 g/mol. The van der Waals surface area contributed by atoms with Crippen LogP contribution in [0.15, 0.2) is 0 Å². The average molecular weight is 136 g/mol. The lowest BCUT2D eigenvalue weighted by Crippen LogP contribution is -2.16. The van der Waals surface area contributed by atoms with Crippen LogP contribution in [-0.2, 0) is 9.53 Å². The molecule has 0 aliphatic rings. The van der Waals surface area contributed by atoms with Crippen molar-refractivity contribution in [3.05, 3.63) is 0 Å². The molecule has 2 nitrogen and oxygen atoms in total. The average Bonchev–Trinajstić information content (AvgIpc) is 1.74. The molecule has 0 aliphatic heterocycles. The molecule has 2 heteroatoms. The smallest absolute Gasteiger partial charge is 0.308 e. The van der Waals surface area contributed by atoms with E-state index in [1.807, 2.05) is 0 Å². The highest BCUT2D eigenvalue weighted by atomic mass is 16.5. The van der Waals surface area contributed by atoms with Crippen LogP contribution < -0.4 is 0 Å². The Labute approximate surface area is 64.6 Å². The number of esters is 1. The summed E-state index contributed by atoms with van der Waals surface area (Å²) in [4.78, 5) is 11.3. The van der Waals surface area contributed by atoms with Crippen molar-refractivity contribution in [1.29, 1.82) is 0 Å². The fourth-order valence-corrected chi connectivity index (χ4v) is 0.300. The molecule has 0 aromatic rings. The molecule has 9 heavy (non-hydrogen) atoms. The Morgan fingerprint density at radius 1 is 1.56 bits per heavy atom. The topological polar surface area (TPSA) is 26.3 Å². The van der Waals surface area contributed by atoms with Gasteiger partial charge in [-0.05, 0) is 13.8 Å². The van der Waals surface area contributed by atoms with Gasteiger partial charge in [0.05, 0.1) is 12.0 Å². The van der Waals surface area contributed by atoms with E-state index in [0.717, 1.165) is 0 Å². The second-order valence-corrected chi connectivity index (χ2v) is 1.92. The van der Waals surface area contributed by atoms with Crippen molar-refractivity contribution in [2.45, 2.75) is 33.7 Å². The van der Waals surface area contributed by atoms with Crippen LogP contribution in [0.3, 0.4) is 0 Å². The van der Waals surface area contributed by atoms with Gasteiger partial charge in [-0.25, -0.2) is 0 Å². The summed E-state index contributed by atoms with van der Waals surface area (Å²) < 4.78 is 46.6. The van der Waals surface area contributed by atoms with Crippen molar-refractivity contribution >= 4 is 5.97 Å². The van der Waals surface area contributed by atoms with E-state index < -0.39 is 31.7 Å². The maximum atomic E-state index is 11.3. The summed E-state index contributed by atoms with van der Waals surface area (Å²) in [6.45, 7) is -2.71. The highest BCUT2D eigenvalue weighted by Gasteiger charge is 2.08. The van der Waals surface area contributed by atoms with Crippen molar-refractivity contribution in [2.75, 3.05) is 0 Å². The number of hydrogen-bond donors (Lipinski definition) is 0. The van der Waals surface area contributed by atoms with Crippen LogP contribution in [0.4, 0.5) is 0 Å². The van der Waals surface area contributed by atoms with Gasteiger partial charge >= 0.3 is 5.97 Å². The molecular formula is C7H14O2. The lowest BCUT2D eigenvalue weighted by Gasteiger charge is -2.08. The number of rotatable bonds is 2. The minimum absolute atomic E-state index is 0.537. The Morgan fingerprint density at radius 2 is 2.11 bits per heavy atom. The van der Waals surface area contributed by atoms with Gasteiger partial charge in [0.15, 0.2) is 0 Å². The first-order valence-corrected chi connectivity index (χ1v) is 2.66. The molecule has 0 aliphatic carbocycles. The molecule has 0 fully saturated rings. The molecule has 0 radical (unpaired) electrons. The van der Waals surface area contributed by atoms with Crippen LogP contribution in [-0.4, -0.2) is 12.1 Å². The van der Waals surface area contributed by atoms with Crippen molar-refractivity contribution in [1.82, 2.24) is 0 Å². The largest absolute Gasteiger partial charge is 0.463 e. The molecule has 0 saturated carbocycles. The Balaban J connectivity index is 4.90. The van der Waals surface area contributed by atoms with Crippen molar-refractivity contribution in [3.63, 3.8) is 0 Å². The molecule has 0 heterocycles. The molecule has 0 amide bonds. The van der Waals surface area contributed by atoms with Gasteiger partial charge in [0.25, 0.3) is 0 Å². The third-order valence-electron chi connectivity index (χ3n) is 0.588. The Morgan fingerprint density at radius 3 is 2.44 bits per heavy atom. The van der Waals surface area contributed by atoms with Gasteiger partial charge in [-0.15, -0.1) is 0 Å². The summed E-state index contributed by atoms with van der Waals surface area (Å²) in [6, 6.07) is 0. The molecule has 0 N–H and O–H groups in total. The predicted octanol–water partition coefficient (Wildman–Crippen LogP) is 1.59. The van der Waals surface area contributed by atoms with E-state index in [1.54, 1.807) is 0 Å². The van der Waals surface area contributed by atoms with Crippen molar-refractivity contribution < 1.29 is 17.8 Å². The molecule has 0 spiro atoms. The normalized spacial score (nSPS) is 23.1. The van der Waals surface area contributed by atoms with Crippen LogP contribution in [0, 0.1) is 5.92 Å². The monoisotopic (exact) mass is 136 g/mol. The fourth-order valence-electron chi connectivity index (χ4n) is 0.300. The van der Waals surface area contributed by atoms with Gasteiger partial charge in [-0.1, -0.05) is 13.7 Å². The van der Waals surface area contributed by atoms with E-state index in [2.05, 4.69) is 4.74 Å². The van der Waals surface area contributed by atoms with Crippen LogP contribution in [0.1, 0.15) is 35.8 Å². The van der Waals surface area contributed by atoms with Gasteiger partial charge < -0.3 is 4.74 Å². The number of carbonyl (C=O) groups excluding carboxylic acids is 1. The molecule has 0 saturated heterocycles. The van der Waals surface area contributed by atoms with E-state index in [9.17, 15) is 4.79 Å². The van der Waals surface area contributed by atoms with E-state index in [4.69, 9.17) is 8.22 Å². The van der Waals surface area contributed by atoms with Gasteiger partial charge in [0.2, 0.25) is 0 Å². The summed E-state index contributed by atoms with van der Waals surface area (Å²) in [6.07, 6.45) is -0.537. The van der Waals surface area contributed by atoms with Gasteiger partial charge in [0, 0.05) is 8.22 Å². The molecule has 0 rings (SSSR count). The summed E-state index contributed by atoms with van der Waals surface area (Å²) in [5, 5.41) is 0. The number of ether oxygens (including phenoxy) is 1. The quantitative estimate of drug-likeness (QED) is 0.539. The van der Waals surface area contributed by atoms with Crippen LogP contribution in [0.2, 0.25) is 0 Å². The van der Waals surface area contributed by atoms with Crippen molar-refractivity contribution in [2.24, 2.45) is 5.92 Å². The Hall–Kier alpha value is -0.530. The highest BCUT2D eigenvalue weighted by Crippen LogP contribution is 1.98. The summed E-state index contributed by atoms with van der Waals surface area (Å²) in [5.74, 6) is -3.28. The minimum atomic E-state index is -2.88. The van der Waals surface area contributed by atoms with Crippen LogP contribution >= 0.6 is 0 Å². The molecule has 0 aromatic heterocycles. The lowest BCUT2D eigenvalue weighted by atomic mass is 10.2. The third-order valence-corrected chi connectivity index (χ3v) is 0.588. The maximum Gasteiger partial charge on any atom is 0.308 e. The fraction of sp³-hybridized carbons (Fsp3) is 0.857. The third kappa shape index (κ3) is 4.01. The summed E-state index contributed by atoms with van der Waals surface area (Å²) in [5.41, 5.74) is 0.